The molecular formula is C24H18ClF2N9O2. The molecule has 0 saturated carbocycles. The van der Waals surface area contributed by atoms with Crippen molar-refractivity contribution < 1.29 is 13.9 Å². The Bertz CT molecular complexity index is 1740. The average Bonchev–Trinajstić information content (AvgIpc) is 3.67. The number of rotatable bonds is 5. The fraction of sp³-hybridized carbons (Fsp3) is 0.208. The molecule has 1 aliphatic heterocycles. The Hall–Kier alpha value is -4.36. The minimum Gasteiger partial charge on any atom is -0.390 e. The number of halogens is 3. The fourth-order valence-corrected chi connectivity index (χ4v) is 4.93. The normalized spacial score (nSPS) is 16.7. The lowest BCUT2D eigenvalue weighted by molar-refractivity contribution is 0.270. The summed E-state index contributed by atoms with van der Waals surface area (Å²) in [7, 11) is 0. The van der Waals surface area contributed by atoms with Crippen LogP contribution in [0.25, 0.3) is 28.2 Å². The first-order chi connectivity index (χ1) is 18.4. The maximum absolute atomic E-state index is 15.3. The van der Waals surface area contributed by atoms with Gasteiger partial charge in [-0.2, -0.15) is 4.68 Å². The molecule has 4 aromatic heterocycles. The third-order valence-corrected chi connectivity index (χ3v) is 6.84. The average molecular weight is 538 g/mol. The number of fused-ring (bicyclic) bond motifs is 1. The first-order valence-corrected chi connectivity index (χ1v) is 11.9. The van der Waals surface area contributed by atoms with E-state index in [0.717, 1.165) is 0 Å². The number of H-pyrrole nitrogens is 1. The number of pyridine rings is 1. The summed E-state index contributed by atoms with van der Waals surface area (Å²) >= 11 is 6.07. The van der Waals surface area contributed by atoms with E-state index in [1.165, 1.54) is 46.2 Å². The number of nitrogens with one attached hydrogen (secondary N) is 1. The van der Waals surface area contributed by atoms with Gasteiger partial charge in [0, 0.05) is 23.7 Å². The van der Waals surface area contributed by atoms with Crippen molar-refractivity contribution in [3.05, 3.63) is 87.3 Å². The zero-order valence-electron chi connectivity index (χ0n) is 19.7. The standard InChI is InChI=1S/C24H18ClF2N9O2/c1-11-6-18(23-29-8-15(31-23)12-4-5-28-16(9-37)21(12)26)36-19(38)7-14(32-24(11)36)20-17(35-10-30-33-34-35)3-2-13(25)22(20)27/h2-5,7-8,10-11,18,37H,6,9H2,1H3,(H,29,31)/t11?,18-/m1/s1. The number of tetrazole rings is 1. The van der Waals surface area contributed by atoms with Crippen molar-refractivity contribution in [2.24, 2.45) is 0 Å². The van der Waals surface area contributed by atoms with Crippen molar-refractivity contribution >= 4 is 11.6 Å². The Morgan fingerprint density at radius 1 is 1.21 bits per heavy atom. The summed E-state index contributed by atoms with van der Waals surface area (Å²) in [6.45, 7) is 1.36. The number of imidazole rings is 1. The Labute approximate surface area is 217 Å². The van der Waals surface area contributed by atoms with Gasteiger partial charge < -0.3 is 10.1 Å². The van der Waals surface area contributed by atoms with Gasteiger partial charge in [-0.1, -0.05) is 18.5 Å². The van der Waals surface area contributed by atoms with E-state index < -0.39 is 29.8 Å². The molecule has 0 saturated heterocycles. The van der Waals surface area contributed by atoms with Crippen LogP contribution in [0.5, 0.6) is 0 Å². The molecule has 0 radical (unpaired) electrons. The molecule has 0 fully saturated rings. The number of aromatic amines is 1. The summed E-state index contributed by atoms with van der Waals surface area (Å²) in [6, 6.07) is 5.12. The van der Waals surface area contributed by atoms with Crippen molar-refractivity contribution in [2.75, 3.05) is 0 Å². The highest BCUT2D eigenvalue weighted by Crippen LogP contribution is 2.39. The molecule has 6 rings (SSSR count). The van der Waals surface area contributed by atoms with E-state index >= 15 is 4.39 Å². The molecule has 5 heterocycles. The predicted octanol–water partition coefficient (Wildman–Crippen LogP) is 3.19. The van der Waals surface area contributed by atoms with Crippen LogP contribution in [0.3, 0.4) is 0 Å². The molecule has 0 spiro atoms. The van der Waals surface area contributed by atoms with Gasteiger partial charge in [-0.3, -0.25) is 14.3 Å². The van der Waals surface area contributed by atoms with Crippen LogP contribution in [0.4, 0.5) is 8.78 Å². The molecule has 38 heavy (non-hydrogen) atoms. The Morgan fingerprint density at radius 3 is 2.82 bits per heavy atom. The van der Waals surface area contributed by atoms with E-state index in [4.69, 9.17) is 11.6 Å². The summed E-state index contributed by atoms with van der Waals surface area (Å²) in [6.07, 6.45) is 4.64. The topological polar surface area (TPSA) is 140 Å². The minimum atomic E-state index is -0.754. The van der Waals surface area contributed by atoms with Gasteiger partial charge in [0.15, 0.2) is 11.6 Å². The Kier molecular flexibility index (Phi) is 5.80. The number of aliphatic hydroxyl groups is 1. The van der Waals surface area contributed by atoms with Crippen LogP contribution >= 0.6 is 11.6 Å². The second-order valence-corrected chi connectivity index (χ2v) is 9.24. The number of benzene rings is 1. The quantitative estimate of drug-likeness (QED) is 0.348. The highest BCUT2D eigenvalue weighted by Gasteiger charge is 2.34. The zero-order valence-corrected chi connectivity index (χ0v) is 20.4. The highest BCUT2D eigenvalue weighted by molar-refractivity contribution is 6.31. The lowest BCUT2D eigenvalue weighted by atomic mass is 10.1. The molecule has 14 heteroatoms. The summed E-state index contributed by atoms with van der Waals surface area (Å²) in [5.41, 5.74) is 0.427. The maximum atomic E-state index is 15.3. The largest absolute Gasteiger partial charge is 0.390 e. The number of hydrogen-bond acceptors (Lipinski definition) is 8. The second kappa shape index (κ2) is 9.19. The SMILES string of the molecule is CC1C[C@H](c2ncc(-c3ccnc(CO)c3F)[nH]2)n2c1nc(-c1c(-n3cnnn3)ccc(Cl)c1F)cc2=O. The number of aliphatic hydroxyl groups excluding tert-OH is 1. The molecule has 11 nitrogen and oxygen atoms in total. The molecule has 5 aromatic rings. The fourth-order valence-electron chi connectivity index (χ4n) is 4.77. The maximum Gasteiger partial charge on any atom is 0.254 e. The molecule has 192 valence electrons. The molecular weight excluding hydrogens is 520 g/mol. The molecule has 2 atom stereocenters. The van der Waals surface area contributed by atoms with Gasteiger partial charge in [-0.15, -0.1) is 5.10 Å². The van der Waals surface area contributed by atoms with Gasteiger partial charge in [0.1, 0.15) is 23.7 Å². The van der Waals surface area contributed by atoms with E-state index in [-0.39, 0.29) is 39.1 Å². The van der Waals surface area contributed by atoms with Crippen LogP contribution in [0, 0.1) is 11.6 Å². The van der Waals surface area contributed by atoms with Crippen molar-refractivity contribution in [1.82, 2.24) is 44.7 Å². The van der Waals surface area contributed by atoms with E-state index in [1.807, 2.05) is 6.92 Å². The van der Waals surface area contributed by atoms with Crippen LogP contribution in [0.1, 0.15) is 42.6 Å². The summed E-state index contributed by atoms with van der Waals surface area (Å²) in [4.78, 5) is 29.4. The van der Waals surface area contributed by atoms with Gasteiger partial charge in [0.05, 0.1) is 46.5 Å². The molecule has 2 N–H and O–H groups in total. The van der Waals surface area contributed by atoms with Crippen LogP contribution in [-0.4, -0.2) is 49.8 Å². The summed E-state index contributed by atoms with van der Waals surface area (Å²) in [5, 5.41) is 20.2. The number of nitrogens with zero attached hydrogens (tertiary/aromatic N) is 8. The molecule has 0 aliphatic carbocycles. The third-order valence-electron chi connectivity index (χ3n) is 6.55. The number of hydrogen-bond donors (Lipinski definition) is 2. The van der Waals surface area contributed by atoms with Gasteiger partial charge >= 0.3 is 0 Å². The predicted molar refractivity (Wildman–Crippen MR) is 130 cm³/mol. The van der Waals surface area contributed by atoms with Crippen molar-refractivity contribution in [3.8, 4) is 28.2 Å². The minimum absolute atomic E-state index is 0.00548. The Morgan fingerprint density at radius 2 is 2.05 bits per heavy atom. The van der Waals surface area contributed by atoms with Gasteiger partial charge in [-0.25, -0.2) is 18.7 Å². The van der Waals surface area contributed by atoms with E-state index in [0.29, 0.717) is 23.8 Å². The summed E-state index contributed by atoms with van der Waals surface area (Å²) < 4.78 is 32.8. The monoisotopic (exact) mass is 537 g/mol. The smallest absolute Gasteiger partial charge is 0.254 e. The lowest BCUT2D eigenvalue weighted by Gasteiger charge is -2.15. The van der Waals surface area contributed by atoms with Crippen LogP contribution in [0.15, 0.2) is 47.8 Å². The Balaban J connectivity index is 1.44. The zero-order chi connectivity index (χ0) is 26.6. The van der Waals surface area contributed by atoms with Crippen LogP contribution in [-0.2, 0) is 6.61 Å². The highest BCUT2D eigenvalue weighted by atomic mass is 35.5. The lowest BCUT2D eigenvalue weighted by Crippen LogP contribution is -2.25. The van der Waals surface area contributed by atoms with Crippen LogP contribution < -0.4 is 5.56 Å². The summed E-state index contributed by atoms with van der Waals surface area (Å²) in [5.74, 6) is -0.715. The van der Waals surface area contributed by atoms with Crippen molar-refractivity contribution in [3.63, 3.8) is 0 Å². The van der Waals surface area contributed by atoms with Crippen molar-refractivity contribution in [1.29, 1.82) is 0 Å². The van der Waals surface area contributed by atoms with E-state index in [9.17, 15) is 14.3 Å². The molecule has 1 unspecified atom stereocenters. The van der Waals surface area contributed by atoms with Gasteiger partial charge in [0.25, 0.3) is 5.56 Å². The van der Waals surface area contributed by atoms with Gasteiger partial charge in [-0.05, 0) is 35.0 Å². The third kappa shape index (κ3) is 3.78. The van der Waals surface area contributed by atoms with Gasteiger partial charge in [0.2, 0.25) is 0 Å². The first kappa shape index (κ1) is 24.0. The van der Waals surface area contributed by atoms with E-state index in [1.54, 1.807) is 6.07 Å². The van der Waals surface area contributed by atoms with Crippen LogP contribution in [0.2, 0.25) is 5.02 Å². The second-order valence-electron chi connectivity index (χ2n) is 8.83. The molecule has 0 bridgehead atoms. The molecule has 1 aliphatic rings. The molecule has 1 aromatic carbocycles. The number of aromatic nitrogens is 9. The van der Waals surface area contributed by atoms with E-state index in [2.05, 4.69) is 35.5 Å². The molecule has 0 amide bonds. The van der Waals surface area contributed by atoms with Crippen molar-refractivity contribution in [2.45, 2.75) is 31.9 Å². The first-order valence-electron chi connectivity index (χ1n) is 11.5.